The summed E-state index contributed by atoms with van der Waals surface area (Å²) >= 11 is 11.2. The summed E-state index contributed by atoms with van der Waals surface area (Å²) in [5.74, 6) is 5.62. The van der Waals surface area contributed by atoms with E-state index in [0.717, 1.165) is 95.2 Å². The Morgan fingerprint density at radius 1 is 0.625 bits per heavy atom. The van der Waals surface area contributed by atoms with Gasteiger partial charge >= 0.3 is 12.1 Å². The van der Waals surface area contributed by atoms with Gasteiger partial charge in [-0.05, 0) is 143 Å². The Hall–Kier alpha value is -5.84. The Balaban J connectivity index is 0.000000211. The highest BCUT2D eigenvalue weighted by Crippen LogP contribution is 2.37. The molecule has 4 fully saturated rings. The van der Waals surface area contributed by atoms with Crippen molar-refractivity contribution in [2.45, 2.75) is 57.8 Å². The maximum atomic E-state index is 14.2. The average Bonchev–Trinajstić information content (AvgIpc) is 4.16. The number of carboxylic acid groups (broad SMARTS) is 1. The molecule has 5 N–H and O–H groups in total. The lowest BCUT2D eigenvalue weighted by atomic mass is 9.97. The van der Waals surface area contributed by atoms with Gasteiger partial charge in [-0.15, -0.1) is 0 Å². The fraction of sp³-hybridized carbons (Fsp3) is 0.424. The van der Waals surface area contributed by atoms with Crippen molar-refractivity contribution in [2.75, 3.05) is 117 Å². The third kappa shape index (κ3) is 16.4. The SMILES string of the molecule is CC(C)(C)N(C(=O)O)[C@H](C(=O)N1CCCN1c1ccccc1Br)c1ccc(OCCN2CCSCC2)cc1.Nc1ccc(CNC(=O)N[C@H](C(=O)N2CCCN2c2ccccc2Br)c2ccc(OCCN3CCSCC3)cc2)cc1. The number of carbonyl (C=O) groups excluding carboxylic acids is 3. The molecule has 428 valence electrons. The molecule has 0 bridgehead atoms. The average molecular weight is 1260 g/mol. The number of hydrogen-bond acceptors (Lipinski definition) is 13. The molecule has 2 atom stereocenters. The fourth-order valence-corrected chi connectivity index (χ4v) is 12.9. The second kappa shape index (κ2) is 29.2. The monoisotopic (exact) mass is 1260 g/mol. The summed E-state index contributed by atoms with van der Waals surface area (Å²) in [5.41, 5.74) is 9.64. The first-order valence-corrected chi connectivity index (χ1v) is 31.2. The Morgan fingerprint density at radius 3 is 1.55 bits per heavy atom. The van der Waals surface area contributed by atoms with Crippen LogP contribution in [0.2, 0.25) is 0 Å². The number of benzene rings is 5. The summed E-state index contributed by atoms with van der Waals surface area (Å²) in [5, 5.41) is 23.4. The summed E-state index contributed by atoms with van der Waals surface area (Å²) in [6, 6.07) is 35.3. The molecule has 4 aliphatic rings. The van der Waals surface area contributed by atoms with Crippen LogP contribution in [0.5, 0.6) is 11.5 Å². The van der Waals surface area contributed by atoms with Crippen molar-refractivity contribution in [3.05, 3.63) is 147 Å². The number of nitrogens with one attached hydrogen (secondary N) is 2. The number of anilines is 3. The van der Waals surface area contributed by atoms with Crippen LogP contribution in [0.4, 0.5) is 26.7 Å². The molecule has 0 saturated carbocycles. The minimum Gasteiger partial charge on any atom is -0.492 e. The second-order valence-electron chi connectivity index (χ2n) is 20.7. The van der Waals surface area contributed by atoms with Crippen molar-refractivity contribution < 1.29 is 33.8 Å². The van der Waals surface area contributed by atoms with E-state index in [1.807, 2.05) is 164 Å². The van der Waals surface area contributed by atoms with Gasteiger partial charge in [0.1, 0.15) is 36.8 Å². The Morgan fingerprint density at radius 2 is 1.09 bits per heavy atom. The topological polar surface area (TPSA) is 180 Å². The Bertz CT molecular complexity index is 2820. The van der Waals surface area contributed by atoms with Gasteiger partial charge in [0.2, 0.25) is 0 Å². The van der Waals surface area contributed by atoms with Crippen LogP contribution in [0, 0.1) is 0 Å². The number of halogens is 2. The molecular weight excluding hydrogens is 1180 g/mol. The molecule has 5 aromatic carbocycles. The molecule has 0 spiro atoms. The van der Waals surface area contributed by atoms with Crippen molar-refractivity contribution in [1.29, 1.82) is 0 Å². The molecule has 4 saturated heterocycles. The maximum absolute atomic E-state index is 14.2. The van der Waals surface area contributed by atoms with E-state index in [-0.39, 0.29) is 11.8 Å². The lowest BCUT2D eigenvalue weighted by molar-refractivity contribution is -0.138. The molecule has 4 heterocycles. The number of rotatable bonds is 18. The maximum Gasteiger partial charge on any atom is 0.408 e. The zero-order valence-corrected chi connectivity index (χ0v) is 50.6. The lowest BCUT2D eigenvalue weighted by Crippen LogP contribution is -2.54. The highest BCUT2D eigenvalue weighted by molar-refractivity contribution is 9.11. The normalized spacial score (nSPS) is 16.8. The van der Waals surface area contributed by atoms with E-state index in [9.17, 15) is 24.3 Å². The number of hydrogen-bond donors (Lipinski definition) is 4. The number of ether oxygens (including phenoxy) is 2. The smallest absolute Gasteiger partial charge is 0.408 e. The summed E-state index contributed by atoms with van der Waals surface area (Å²) in [4.78, 5) is 60.0. The Labute approximate surface area is 496 Å². The first kappa shape index (κ1) is 60.3. The second-order valence-corrected chi connectivity index (χ2v) is 24.9. The highest BCUT2D eigenvalue weighted by atomic mass is 79.9. The largest absolute Gasteiger partial charge is 0.492 e. The third-order valence-corrected chi connectivity index (χ3v) is 17.4. The van der Waals surface area contributed by atoms with Crippen LogP contribution in [-0.4, -0.2) is 161 Å². The van der Waals surface area contributed by atoms with Gasteiger partial charge in [-0.3, -0.25) is 44.3 Å². The number of carbonyl (C=O) groups is 4. The van der Waals surface area contributed by atoms with Gasteiger partial charge in [0.15, 0.2) is 0 Å². The molecule has 5 amide bonds. The van der Waals surface area contributed by atoms with Crippen LogP contribution in [-0.2, 0) is 16.1 Å². The first-order chi connectivity index (χ1) is 38.6. The Kier molecular flexibility index (Phi) is 22.0. The van der Waals surface area contributed by atoms with E-state index in [0.29, 0.717) is 68.5 Å². The van der Waals surface area contributed by atoms with Crippen LogP contribution in [0.1, 0.15) is 62.4 Å². The van der Waals surface area contributed by atoms with E-state index in [4.69, 9.17) is 15.2 Å². The summed E-state index contributed by atoms with van der Waals surface area (Å²) in [7, 11) is 0. The van der Waals surface area contributed by atoms with Crippen molar-refractivity contribution in [3.8, 4) is 11.5 Å². The van der Waals surface area contributed by atoms with Gasteiger partial charge in [-0.2, -0.15) is 23.5 Å². The minimum atomic E-state index is -1.14. The predicted octanol–water partition coefficient (Wildman–Crippen LogP) is 10.0. The number of urea groups is 1. The van der Waals surface area contributed by atoms with Gasteiger partial charge in [0.25, 0.3) is 11.8 Å². The van der Waals surface area contributed by atoms with Crippen molar-refractivity contribution in [3.63, 3.8) is 0 Å². The molecule has 0 unspecified atom stereocenters. The molecule has 0 radical (unpaired) electrons. The van der Waals surface area contributed by atoms with E-state index in [1.165, 1.54) is 16.4 Å². The first-order valence-electron chi connectivity index (χ1n) is 27.3. The molecule has 21 heteroatoms. The predicted molar refractivity (Wildman–Crippen MR) is 328 cm³/mol. The number of para-hydroxylation sites is 2. The lowest BCUT2D eigenvalue weighted by Gasteiger charge is -2.42. The quantitative estimate of drug-likeness (QED) is 0.0609. The molecule has 0 aromatic heterocycles. The van der Waals surface area contributed by atoms with E-state index in [1.54, 1.807) is 22.2 Å². The summed E-state index contributed by atoms with van der Waals surface area (Å²) < 4.78 is 13.8. The molecular formula is C59H74Br2N10O7S2. The molecule has 5 aromatic rings. The highest BCUT2D eigenvalue weighted by Gasteiger charge is 2.43. The van der Waals surface area contributed by atoms with Crippen LogP contribution < -0.4 is 35.9 Å². The van der Waals surface area contributed by atoms with E-state index >= 15 is 0 Å². The van der Waals surface area contributed by atoms with Gasteiger partial charge in [0.05, 0.1) is 11.4 Å². The van der Waals surface area contributed by atoms with Crippen LogP contribution >= 0.6 is 55.4 Å². The summed E-state index contributed by atoms with van der Waals surface area (Å²) in [6.45, 7) is 15.5. The number of nitrogens with zero attached hydrogens (tertiary/aromatic N) is 7. The molecule has 80 heavy (non-hydrogen) atoms. The molecule has 17 nitrogen and oxygen atoms in total. The van der Waals surface area contributed by atoms with Crippen molar-refractivity contribution in [1.82, 2.24) is 35.4 Å². The van der Waals surface area contributed by atoms with Crippen LogP contribution in [0.15, 0.2) is 130 Å². The number of thioether (sulfide) groups is 2. The van der Waals surface area contributed by atoms with Crippen molar-refractivity contribution >= 4 is 96.4 Å². The van der Waals surface area contributed by atoms with Crippen molar-refractivity contribution in [2.24, 2.45) is 0 Å². The van der Waals surface area contributed by atoms with Gasteiger partial charge < -0.3 is 30.9 Å². The fourth-order valence-electron chi connectivity index (χ4n) is 10.0. The van der Waals surface area contributed by atoms with Crippen LogP contribution in [0.3, 0.4) is 0 Å². The van der Waals surface area contributed by atoms with Gasteiger partial charge in [-0.1, -0.05) is 60.7 Å². The molecule has 9 rings (SSSR count). The number of hydrazine groups is 2. The summed E-state index contributed by atoms with van der Waals surface area (Å²) in [6.07, 6.45) is 0.485. The standard InChI is InChI=1S/C31H37BrN6O3S.C28H37BrN4O4S/c32-27-4-1-2-5-28(27)37-14-3-15-38(37)30(39)29(35-31(40)34-22-23-6-10-25(33)11-7-23)24-8-12-26(13-9-24)41-19-16-36-17-20-42-21-18-36;1-28(2,3)33(27(35)36)25(26(34)32-14-6-13-31(32)24-8-5-4-7-23(24)29)21-9-11-22(12-10-21)37-18-15-30-16-19-38-20-17-30/h1-2,4-13,29H,3,14-22,33H2,(H2,34,35,40);4-5,7-12,25H,6,13-20H2,1-3H3,(H,35,36)/t29-;25-/m00/s1. The number of amides is 5. The van der Waals surface area contributed by atoms with Gasteiger partial charge in [-0.25, -0.2) is 9.59 Å². The van der Waals surface area contributed by atoms with E-state index in [2.05, 4.69) is 52.3 Å². The third-order valence-electron chi connectivity index (χ3n) is 14.2. The zero-order chi connectivity index (χ0) is 56.6. The minimum absolute atomic E-state index is 0.206. The van der Waals surface area contributed by atoms with Crippen LogP contribution in [0.25, 0.3) is 0 Å². The number of nitrogen functional groups attached to an aromatic ring is 1. The molecule has 4 aliphatic heterocycles. The number of nitrogens with two attached hydrogens (primary N) is 1. The zero-order valence-electron chi connectivity index (χ0n) is 45.8. The van der Waals surface area contributed by atoms with Gasteiger partial charge in [0, 0.05) is 115 Å². The molecule has 0 aliphatic carbocycles. The van der Waals surface area contributed by atoms with E-state index < -0.39 is 29.7 Å².